The summed E-state index contributed by atoms with van der Waals surface area (Å²) in [5, 5.41) is 12.6. The second kappa shape index (κ2) is 7.03. The molecule has 0 atom stereocenters. The molecule has 0 saturated carbocycles. The summed E-state index contributed by atoms with van der Waals surface area (Å²) in [7, 11) is 0. The zero-order valence-electron chi connectivity index (χ0n) is 19.1. The maximum atomic E-state index is 10.3. The fourth-order valence-electron chi connectivity index (χ4n) is 5.87. The summed E-state index contributed by atoms with van der Waals surface area (Å²) in [6, 6.07) is 37.3. The molecule has 0 radical (unpaired) electrons. The Morgan fingerprint density at radius 2 is 1.22 bits per heavy atom. The lowest BCUT2D eigenvalue weighted by Gasteiger charge is -2.33. The Kier molecular flexibility index (Phi) is 3.79. The average molecular weight is 460 g/mol. The van der Waals surface area contributed by atoms with E-state index in [9.17, 15) is 5.26 Å². The monoisotopic (exact) mass is 460 g/mol. The molecule has 36 heavy (non-hydrogen) atoms. The van der Waals surface area contributed by atoms with Gasteiger partial charge in [-0.05, 0) is 47.3 Å². The van der Waals surface area contributed by atoms with Crippen LogP contribution in [0.15, 0.2) is 103 Å². The first-order valence-corrected chi connectivity index (χ1v) is 12.0. The van der Waals surface area contributed by atoms with Crippen molar-refractivity contribution in [1.29, 1.82) is 5.26 Å². The Hall–Kier alpha value is -4.95. The molecule has 3 heterocycles. The zero-order valence-corrected chi connectivity index (χ0v) is 19.1. The van der Waals surface area contributed by atoms with E-state index in [2.05, 4.69) is 59.2 Å². The van der Waals surface area contributed by atoms with E-state index in [0.717, 1.165) is 61.1 Å². The van der Waals surface area contributed by atoms with Gasteiger partial charge in [-0.1, -0.05) is 60.7 Å². The van der Waals surface area contributed by atoms with E-state index in [1.54, 1.807) is 0 Å². The van der Waals surface area contributed by atoms with Crippen molar-refractivity contribution in [3.63, 3.8) is 0 Å². The lowest BCUT2D eigenvalue weighted by Crippen LogP contribution is -2.57. The van der Waals surface area contributed by atoms with E-state index in [1.165, 1.54) is 0 Å². The van der Waals surface area contributed by atoms with Crippen molar-refractivity contribution < 1.29 is 9.47 Å². The molecule has 0 spiro atoms. The maximum Gasteiger partial charge on any atom is 0.260 e. The molecular formula is C31H17BN2O2. The van der Waals surface area contributed by atoms with Crippen LogP contribution < -0.4 is 25.9 Å². The molecule has 1 aromatic heterocycles. The van der Waals surface area contributed by atoms with Gasteiger partial charge in [0, 0.05) is 22.3 Å². The third-order valence-electron chi connectivity index (χ3n) is 7.37. The molecule has 6 aromatic rings. The SMILES string of the molecule is N#Cc1cc2c(cc1-n1c3ccccc3c3ccccc31)B1c3ccccc3Oc3cccc(c31)O2. The standard InChI is InChI=1S/C31H17BN2O2/c33-18-19-16-30-23(17-26(19)34-24-11-4-1-8-20(24)21-9-2-5-12-25(21)34)32-22-10-3-6-13-27(22)35-28-14-7-15-29(36-30)31(28)32/h1-17H. The predicted molar refractivity (Wildman–Crippen MR) is 143 cm³/mol. The number of nitriles is 1. The Balaban J connectivity index is 1.47. The van der Waals surface area contributed by atoms with Crippen molar-refractivity contribution in [3.8, 4) is 34.8 Å². The van der Waals surface area contributed by atoms with E-state index < -0.39 is 0 Å². The summed E-state index contributed by atoms with van der Waals surface area (Å²) < 4.78 is 14.9. The first kappa shape index (κ1) is 19.4. The molecule has 8 rings (SSSR count). The zero-order chi connectivity index (χ0) is 23.8. The third-order valence-corrected chi connectivity index (χ3v) is 7.37. The van der Waals surface area contributed by atoms with Gasteiger partial charge in [0.05, 0.1) is 22.3 Å². The molecular weight excluding hydrogens is 443 g/mol. The summed E-state index contributed by atoms with van der Waals surface area (Å²) >= 11 is 0. The van der Waals surface area contributed by atoms with E-state index >= 15 is 0 Å². The lowest BCUT2D eigenvalue weighted by atomic mass is 9.35. The van der Waals surface area contributed by atoms with Gasteiger partial charge >= 0.3 is 0 Å². The Labute approximate surface area is 207 Å². The molecule has 0 N–H and O–H groups in total. The van der Waals surface area contributed by atoms with Crippen molar-refractivity contribution >= 4 is 44.9 Å². The lowest BCUT2D eigenvalue weighted by molar-refractivity contribution is 0.464. The van der Waals surface area contributed by atoms with Gasteiger partial charge in [-0.25, -0.2) is 0 Å². The number of nitrogens with zero attached hydrogens (tertiary/aromatic N) is 2. The van der Waals surface area contributed by atoms with Crippen LogP contribution in [0.4, 0.5) is 0 Å². The molecule has 2 aliphatic heterocycles. The Morgan fingerprint density at radius 1 is 0.611 bits per heavy atom. The molecule has 0 saturated heterocycles. The number of rotatable bonds is 1. The van der Waals surface area contributed by atoms with Gasteiger partial charge in [-0.15, -0.1) is 0 Å². The number of ether oxygens (including phenoxy) is 2. The Bertz CT molecular complexity index is 1880. The number of hydrogen-bond acceptors (Lipinski definition) is 3. The highest BCUT2D eigenvalue weighted by Gasteiger charge is 2.40. The van der Waals surface area contributed by atoms with Crippen LogP contribution >= 0.6 is 0 Å². The summed E-state index contributed by atoms with van der Waals surface area (Å²) in [5.41, 5.74) is 6.71. The van der Waals surface area contributed by atoms with Crippen molar-refractivity contribution in [2.24, 2.45) is 0 Å². The van der Waals surface area contributed by atoms with E-state index in [4.69, 9.17) is 9.47 Å². The van der Waals surface area contributed by atoms with Gasteiger partial charge in [-0.3, -0.25) is 0 Å². The van der Waals surface area contributed by atoms with E-state index in [0.29, 0.717) is 11.3 Å². The number of benzene rings is 5. The topological polar surface area (TPSA) is 47.2 Å². The molecule has 0 fully saturated rings. The third kappa shape index (κ3) is 2.48. The molecule has 0 amide bonds. The van der Waals surface area contributed by atoms with Crippen LogP contribution in [0.2, 0.25) is 0 Å². The van der Waals surface area contributed by atoms with Crippen LogP contribution in [0.1, 0.15) is 5.56 Å². The van der Waals surface area contributed by atoms with Crippen LogP contribution in [-0.2, 0) is 0 Å². The van der Waals surface area contributed by atoms with Crippen LogP contribution in [-0.4, -0.2) is 11.3 Å². The minimum atomic E-state index is -0.0514. The molecule has 0 bridgehead atoms. The highest BCUT2D eigenvalue weighted by molar-refractivity contribution is 6.98. The second-order valence-electron chi connectivity index (χ2n) is 9.23. The predicted octanol–water partition coefficient (Wildman–Crippen LogP) is 5.38. The van der Waals surface area contributed by atoms with Gasteiger partial charge in [0.2, 0.25) is 0 Å². The van der Waals surface area contributed by atoms with Crippen LogP contribution in [0.25, 0.3) is 27.5 Å². The minimum absolute atomic E-state index is 0.0514. The summed E-state index contributed by atoms with van der Waals surface area (Å²) in [5.74, 6) is 3.14. The van der Waals surface area contributed by atoms with Crippen LogP contribution in [0.5, 0.6) is 23.0 Å². The molecule has 0 unspecified atom stereocenters. The molecule has 5 heteroatoms. The summed E-state index contributed by atoms with van der Waals surface area (Å²) in [6.07, 6.45) is 0. The van der Waals surface area contributed by atoms with Crippen LogP contribution in [0, 0.1) is 11.3 Å². The van der Waals surface area contributed by atoms with Crippen LogP contribution in [0.3, 0.4) is 0 Å². The average Bonchev–Trinajstić information content (AvgIpc) is 3.26. The molecule has 5 aromatic carbocycles. The number of para-hydroxylation sites is 3. The normalized spacial score (nSPS) is 12.8. The van der Waals surface area contributed by atoms with Crippen molar-refractivity contribution in [2.75, 3.05) is 0 Å². The van der Waals surface area contributed by atoms with E-state index in [-0.39, 0.29) is 6.71 Å². The fraction of sp³-hybridized carbons (Fsp3) is 0. The van der Waals surface area contributed by atoms with Gasteiger partial charge in [0.1, 0.15) is 29.1 Å². The number of hydrogen-bond donors (Lipinski definition) is 0. The van der Waals surface area contributed by atoms with Gasteiger partial charge in [0.25, 0.3) is 6.71 Å². The van der Waals surface area contributed by atoms with Crippen molar-refractivity contribution in [2.45, 2.75) is 0 Å². The van der Waals surface area contributed by atoms with Gasteiger partial charge < -0.3 is 14.0 Å². The summed E-state index contributed by atoms with van der Waals surface area (Å²) in [6.45, 7) is -0.0514. The number of aromatic nitrogens is 1. The largest absolute Gasteiger partial charge is 0.458 e. The fourth-order valence-corrected chi connectivity index (χ4v) is 5.87. The summed E-state index contributed by atoms with van der Waals surface area (Å²) in [4.78, 5) is 0. The first-order chi connectivity index (χ1) is 17.8. The number of fused-ring (bicyclic) bond motifs is 7. The molecule has 4 nitrogen and oxygen atoms in total. The highest BCUT2D eigenvalue weighted by Crippen LogP contribution is 2.37. The highest BCUT2D eigenvalue weighted by atomic mass is 16.5. The first-order valence-electron chi connectivity index (χ1n) is 12.0. The smallest absolute Gasteiger partial charge is 0.260 e. The molecule has 0 aliphatic carbocycles. The molecule has 2 aliphatic rings. The van der Waals surface area contributed by atoms with Gasteiger partial charge in [0.15, 0.2) is 0 Å². The second-order valence-corrected chi connectivity index (χ2v) is 9.23. The maximum absolute atomic E-state index is 10.3. The quantitative estimate of drug-likeness (QED) is 0.309. The minimum Gasteiger partial charge on any atom is -0.458 e. The molecule has 166 valence electrons. The van der Waals surface area contributed by atoms with Crippen molar-refractivity contribution in [3.05, 3.63) is 109 Å². The van der Waals surface area contributed by atoms with E-state index in [1.807, 2.05) is 54.6 Å². The van der Waals surface area contributed by atoms with Gasteiger partial charge in [-0.2, -0.15) is 5.26 Å². The Morgan fingerprint density at radius 3 is 1.94 bits per heavy atom. The van der Waals surface area contributed by atoms with Crippen molar-refractivity contribution in [1.82, 2.24) is 4.57 Å².